The SMILES string of the molecule is O=C(Cc1sccc1NS(=O)(=O)c1ccc(-c2ccc(Cl)s2)cc1)N1CCOCC1. The summed E-state index contributed by atoms with van der Waals surface area (Å²) >= 11 is 8.77. The Labute approximate surface area is 188 Å². The van der Waals surface area contributed by atoms with Crippen LogP contribution in [-0.4, -0.2) is 45.5 Å². The van der Waals surface area contributed by atoms with Gasteiger partial charge in [-0.15, -0.1) is 22.7 Å². The molecule has 0 unspecified atom stereocenters. The number of ether oxygens (including phenoxy) is 1. The third-order valence-electron chi connectivity index (χ3n) is 4.69. The molecule has 2 aromatic heterocycles. The lowest BCUT2D eigenvalue weighted by Gasteiger charge is -2.26. The molecule has 1 aliphatic heterocycles. The van der Waals surface area contributed by atoms with Crippen molar-refractivity contribution in [2.24, 2.45) is 0 Å². The van der Waals surface area contributed by atoms with Gasteiger partial charge in [-0.1, -0.05) is 23.7 Å². The summed E-state index contributed by atoms with van der Waals surface area (Å²) < 4.78 is 34.3. The van der Waals surface area contributed by atoms with Crippen molar-refractivity contribution in [3.63, 3.8) is 0 Å². The van der Waals surface area contributed by atoms with Crippen molar-refractivity contribution in [1.29, 1.82) is 0 Å². The van der Waals surface area contributed by atoms with Gasteiger partial charge in [0, 0.05) is 22.8 Å². The molecule has 3 heterocycles. The Morgan fingerprint density at radius 3 is 2.50 bits per heavy atom. The zero-order valence-electron chi connectivity index (χ0n) is 15.8. The molecule has 1 aliphatic rings. The van der Waals surface area contributed by atoms with Gasteiger partial charge in [0.1, 0.15) is 0 Å². The van der Waals surface area contributed by atoms with Crippen LogP contribution in [0.15, 0.2) is 52.7 Å². The Kier molecular flexibility index (Phi) is 6.45. The monoisotopic (exact) mass is 482 g/mol. The minimum atomic E-state index is -3.77. The molecule has 1 aromatic carbocycles. The first-order valence-corrected chi connectivity index (χ1v) is 12.8. The number of nitrogens with zero attached hydrogens (tertiary/aromatic N) is 1. The highest BCUT2D eigenvalue weighted by atomic mass is 35.5. The third-order valence-corrected chi connectivity index (χ3v) is 8.27. The van der Waals surface area contributed by atoms with Crippen LogP contribution in [0.3, 0.4) is 0 Å². The second-order valence-electron chi connectivity index (χ2n) is 6.66. The van der Waals surface area contributed by atoms with Crippen LogP contribution < -0.4 is 4.72 Å². The number of hydrogen-bond donors (Lipinski definition) is 1. The van der Waals surface area contributed by atoms with Crippen molar-refractivity contribution in [1.82, 2.24) is 4.90 Å². The van der Waals surface area contributed by atoms with E-state index in [1.165, 1.54) is 22.7 Å². The molecule has 1 fully saturated rings. The fraction of sp³-hybridized carbons (Fsp3) is 0.250. The van der Waals surface area contributed by atoms with E-state index in [-0.39, 0.29) is 17.2 Å². The molecule has 4 rings (SSSR count). The Balaban J connectivity index is 1.47. The van der Waals surface area contributed by atoms with Gasteiger partial charge in [0.25, 0.3) is 10.0 Å². The van der Waals surface area contributed by atoms with E-state index < -0.39 is 10.0 Å². The first-order chi connectivity index (χ1) is 14.4. The molecule has 1 N–H and O–H groups in total. The van der Waals surface area contributed by atoms with Gasteiger partial charge in [0.15, 0.2) is 0 Å². The Hall–Kier alpha value is -1.91. The lowest BCUT2D eigenvalue weighted by Crippen LogP contribution is -2.41. The van der Waals surface area contributed by atoms with Crippen LogP contribution in [0, 0.1) is 0 Å². The minimum absolute atomic E-state index is 0.0276. The highest BCUT2D eigenvalue weighted by molar-refractivity contribution is 7.92. The summed E-state index contributed by atoms with van der Waals surface area (Å²) in [4.78, 5) is 16.1. The number of thiophene rings is 2. The fourth-order valence-corrected chi connectivity index (χ4v) is 6.13. The quantitative estimate of drug-likeness (QED) is 0.567. The standard InChI is InChI=1S/C20H19ClN2O4S3/c21-19-6-5-17(29-19)14-1-3-15(4-2-14)30(25,26)22-16-7-12-28-18(16)13-20(24)23-8-10-27-11-9-23/h1-7,12,22H,8-11,13H2. The van der Waals surface area contributed by atoms with E-state index in [1.54, 1.807) is 40.6 Å². The largest absolute Gasteiger partial charge is 0.378 e. The van der Waals surface area contributed by atoms with E-state index in [0.717, 1.165) is 10.4 Å². The Bertz CT molecular complexity index is 1130. The first-order valence-electron chi connectivity index (χ1n) is 9.23. The third kappa shape index (κ3) is 4.87. The molecule has 0 saturated carbocycles. The molecule has 0 radical (unpaired) electrons. The normalized spacial score (nSPS) is 14.6. The number of sulfonamides is 1. The summed E-state index contributed by atoms with van der Waals surface area (Å²) in [6, 6.07) is 12.0. The molecule has 1 saturated heterocycles. The van der Waals surface area contributed by atoms with Crippen LogP contribution in [0.4, 0.5) is 5.69 Å². The number of halogens is 1. The number of benzene rings is 1. The van der Waals surface area contributed by atoms with Gasteiger partial charge in [-0.25, -0.2) is 8.42 Å². The molecule has 30 heavy (non-hydrogen) atoms. The van der Waals surface area contributed by atoms with Crippen LogP contribution in [0.1, 0.15) is 4.88 Å². The predicted octanol–water partition coefficient (Wildman–Crippen LogP) is 4.33. The second kappa shape index (κ2) is 9.07. The number of carbonyl (C=O) groups excluding carboxylic acids is 1. The Morgan fingerprint density at radius 1 is 1.10 bits per heavy atom. The van der Waals surface area contributed by atoms with Gasteiger partial charge in [0.2, 0.25) is 5.91 Å². The zero-order valence-corrected chi connectivity index (χ0v) is 19.0. The molecule has 0 aliphatic carbocycles. The molecule has 158 valence electrons. The lowest BCUT2D eigenvalue weighted by molar-refractivity contribution is -0.134. The number of amides is 1. The molecule has 3 aromatic rings. The molecule has 0 atom stereocenters. The summed E-state index contributed by atoms with van der Waals surface area (Å²) in [5.41, 5.74) is 1.34. The number of anilines is 1. The molecular formula is C20H19ClN2O4S3. The van der Waals surface area contributed by atoms with Gasteiger partial charge in [0.05, 0.1) is 34.6 Å². The number of carbonyl (C=O) groups is 1. The van der Waals surface area contributed by atoms with Crippen LogP contribution >= 0.6 is 34.3 Å². The summed E-state index contributed by atoms with van der Waals surface area (Å²) in [5.74, 6) is -0.0276. The lowest BCUT2D eigenvalue weighted by atomic mass is 10.2. The van der Waals surface area contributed by atoms with Crippen molar-refractivity contribution in [3.8, 4) is 10.4 Å². The van der Waals surface area contributed by atoms with E-state index in [0.29, 0.717) is 41.2 Å². The summed E-state index contributed by atoms with van der Waals surface area (Å²) in [5, 5.41) is 1.78. The highest BCUT2D eigenvalue weighted by Crippen LogP contribution is 2.32. The van der Waals surface area contributed by atoms with E-state index >= 15 is 0 Å². The Morgan fingerprint density at radius 2 is 1.83 bits per heavy atom. The van der Waals surface area contributed by atoms with Crippen LogP contribution in [-0.2, 0) is 26.0 Å². The summed E-state index contributed by atoms with van der Waals surface area (Å²) in [6.07, 6.45) is 0.160. The number of rotatable bonds is 6. The summed E-state index contributed by atoms with van der Waals surface area (Å²) in [6.45, 7) is 2.19. The first kappa shape index (κ1) is 21.3. The predicted molar refractivity (Wildman–Crippen MR) is 121 cm³/mol. The molecule has 6 nitrogen and oxygen atoms in total. The van der Waals surface area contributed by atoms with Crippen molar-refractivity contribution < 1.29 is 17.9 Å². The fourth-order valence-electron chi connectivity index (χ4n) is 3.10. The second-order valence-corrected chi connectivity index (χ2v) is 11.1. The van der Waals surface area contributed by atoms with Crippen molar-refractivity contribution in [3.05, 3.63) is 57.1 Å². The van der Waals surface area contributed by atoms with Crippen molar-refractivity contribution in [2.45, 2.75) is 11.3 Å². The maximum atomic E-state index is 12.9. The van der Waals surface area contributed by atoms with E-state index in [9.17, 15) is 13.2 Å². The average molecular weight is 483 g/mol. The van der Waals surface area contributed by atoms with E-state index in [2.05, 4.69) is 4.72 Å². The number of morpholine rings is 1. The van der Waals surface area contributed by atoms with Gasteiger partial charge in [-0.05, 0) is 41.3 Å². The van der Waals surface area contributed by atoms with Gasteiger partial charge in [-0.3, -0.25) is 9.52 Å². The van der Waals surface area contributed by atoms with Crippen LogP contribution in [0.5, 0.6) is 0 Å². The zero-order chi connectivity index (χ0) is 21.1. The van der Waals surface area contributed by atoms with E-state index in [1.807, 2.05) is 12.1 Å². The smallest absolute Gasteiger partial charge is 0.261 e. The summed E-state index contributed by atoms with van der Waals surface area (Å²) in [7, 11) is -3.77. The van der Waals surface area contributed by atoms with Crippen molar-refractivity contribution >= 4 is 55.9 Å². The maximum absolute atomic E-state index is 12.9. The van der Waals surface area contributed by atoms with Crippen molar-refractivity contribution in [2.75, 3.05) is 31.0 Å². The van der Waals surface area contributed by atoms with Gasteiger partial charge < -0.3 is 9.64 Å². The highest BCUT2D eigenvalue weighted by Gasteiger charge is 2.21. The number of nitrogens with one attached hydrogen (secondary N) is 1. The van der Waals surface area contributed by atoms with Gasteiger partial charge >= 0.3 is 0 Å². The van der Waals surface area contributed by atoms with E-state index in [4.69, 9.17) is 16.3 Å². The molecule has 1 amide bonds. The number of hydrogen-bond acceptors (Lipinski definition) is 6. The van der Waals surface area contributed by atoms with Crippen LogP contribution in [0.2, 0.25) is 4.34 Å². The minimum Gasteiger partial charge on any atom is -0.378 e. The molecule has 0 spiro atoms. The molecule has 10 heteroatoms. The maximum Gasteiger partial charge on any atom is 0.261 e. The average Bonchev–Trinajstić information content (AvgIpc) is 3.37. The van der Waals surface area contributed by atoms with Crippen LogP contribution in [0.25, 0.3) is 10.4 Å². The molecule has 0 bridgehead atoms. The van der Waals surface area contributed by atoms with Gasteiger partial charge in [-0.2, -0.15) is 0 Å². The topological polar surface area (TPSA) is 75.7 Å². The molecular weight excluding hydrogens is 464 g/mol.